The number of aromatic nitrogens is 1. The summed E-state index contributed by atoms with van der Waals surface area (Å²) in [6.07, 6.45) is 0. The van der Waals surface area contributed by atoms with E-state index in [9.17, 15) is 8.78 Å². The van der Waals surface area contributed by atoms with E-state index in [1.165, 1.54) is 6.07 Å². The predicted octanol–water partition coefficient (Wildman–Crippen LogP) is 1.99. The number of ether oxygens (including phenoxy) is 1. The van der Waals surface area contributed by atoms with Crippen molar-refractivity contribution in [2.24, 2.45) is 0 Å². The number of rotatable bonds is 2. The van der Waals surface area contributed by atoms with E-state index in [4.69, 9.17) is 0 Å². The molecule has 0 aliphatic heterocycles. The molecule has 0 amide bonds. The van der Waals surface area contributed by atoms with Crippen molar-refractivity contribution in [2.45, 2.75) is 13.5 Å². The van der Waals surface area contributed by atoms with Gasteiger partial charge in [0.05, 0.1) is 0 Å². The first-order valence-electron chi connectivity index (χ1n) is 3.07. The molecule has 0 saturated carbocycles. The Labute approximate surface area is 62.8 Å². The minimum Gasteiger partial charge on any atom is -0.417 e. The number of aryl methyl sites for hydroxylation is 1. The minimum absolute atomic E-state index is 0.0417. The molecule has 11 heavy (non-hydrogen) atoms. The lowest BCUT2D eigenvalue weighted by atomic mass is 10.4. The summed E-state index contributed by atoms with van der Waals surface area (Å²) in [5, 5.41) is 0. The van der Waals surface area contributed by atoms with Gasteiger partial charge in [0.15, 0.2) is 0 Å². The van der Waals surface area contributed by atoms with Crippen LogP contribution >= 0.6 is 0 Å². The van der Waals surface area contributed by atoms with Crippen molar-refractivity contribution in [1.29, 1.82) is 0 Å². The van der Waals surface area contributed by atoms with Crippen LogP contribution in [0.25, 0.3) is 0 Å². The second-order valence-corrected chi connectivity index (χ2v) is 2.00. The summed E-state index contributed by atoms with van der Waals surface area (Å²) in [6.45, 7) is -1.09. The van der Waals surface area contributed by atoms with Gasteiger partial charge in [-0.1, -0.05) is 6.07 Å². The van der Waals surface area contributed by atoms with Gasteiger partial charge >= 0.3 is 6.61 Å². The molecule has 4 heteroatoms. The highest BCUT2D eigenvalue weighted by atomic mass is 19.3. The number of nitrogens with zero attached hydrogens (tertiary/aromatic N) is 1. The van der Waals surface area contributed by atoms with Crippen molar-refractivity contribution < 1.29 is 13.5 Å². The standard InChI is InChI=1S/C7H7F2NO/c1-5-3-2-4-6(10-5)11-7(8)9/h2-4,7H,1H3. The average Bonchev–Trinajstić information content (AvgIpc) is 1.85. The zero-order valence-electron chi connectivity index (χ0n) is 5.92. The van der Waals surface area contributed by atoms with Crippen LogP contribution in [0, 0.1) is 6.92 Å². The Bertz CT molecular complexity index is 240. The third-order valence-corrected chi connectivity index (χ3v) is 1.07. The summed E-state index contributed by atoms with van der Waals surface area (Å²) in [4.78, 5) is 3.71. The third-order valence-electron chi connectivity index (χ3n) is 1.07. The van der Waals surface area contributed by atoms with Crippen molar-refractivity contribution in [3.8, 4) is 5.88 Å². The molecular formula is C7H7F2NO. The molecule has 0 fully saturated rings. The number of alkyl halides is 2. The number of pyridine rings is 1. The molecule has 0 atom stereocenters. The molecule has 1 aromatic rings. The van der Waals surface area contributed by atoms with E-state index >= 15 is 0 Å². The molecule has 1 rings (SSSR count). The molecule has 0 aliphatic carbocycles. The highest BCUT2D eigenvalue weighted by molar-refractivity contribution is 5.14. The minimum atomic E-state index is -2.80. The summed E-state index contributed by atoms with van der Waals surface area (Å²) in [5.74, 6) is -0.0417. The van der Waals surface area contributed by atoms with Crippen LogP contribution in [0.1, 0.15) is 5.69 Å². The van der Waals surface area contributed by atoms with E-state index in [1.54, 1.807) is 19.1 Å². The highest BCUT2D eigenvalue weighted by Gasteiger charge is 2.03. The molecule has 60 valence electrons. The summed E-state index contributed by atoms with van der Waals surface area (Å²) >= 11 is 0. The second-order valence-electron chi connectivity index (χ2n) is 2.00. The molecule has 0 aromatic carbocycles. The molecule has 0 N–H and O–H groups in total. The maximum Gasteiger partial charge on any atom is 0.388 e. The molecule has 0 spiro atoms. The molecule has 0 radical (unpaired) electrons. The Morgan fingerprint density at radius 2 is 2.18 bits per heavy atom. The SMILES string of the molecule is Cc1cccc(OC(F)F)n1. The summed E-state index contributed by atoms with van der Waals surface area (Å²) in [6, 6.07) is 4.71. The van der Waals surface area contributed by atoms with Crippen molar-refractivity contribution >= 4 is 0 Å². The molecule has 1 heterocycles. The Balaban J connectivity index is 2.71. The van der Waals surface area contributed by atoms with E-state index in [1.807, 2.05) is 0 Å². The fraction of sp³-hybridized carbons (Fsp3) is 0.286. The van der Waals surface area contributed by atoms with Crippen LogP contribution in [0.4, 0.5) is 8.78 Å². The van der Waals surface area contributed by atoms with Crippen LogP contribution in [0.2, 0.25) is 0 Å². The van der Waals surface area contributed by atoms with E-state index in [2.05, 4.69) is 9.72 Å². The first-order valence-corrected chi connectivity index (χ1v) is 3.07. The molecule has 0 unspecified atom stereocenters. The smallest absolute Gasteiger partial charge is 0.388 e. The second kappa shape index (κ2) is 3.27. The molecule has 0 aliphatic rings. The van der Waals surface area contributed by atoms with Crippen LogP contribution in [-0.2, 0) is 0 Å². The number of hydrogen-bond acceptors (Lipinski definition) is 2. The van der Waals surface area contributed by atoms with Gasteiger partial charge in [-0.15, -0.1) is 0 Å². The molecule has 1 aromatic heterocycles. The van der Waals surface area contributed by atoms with Crippen molar-refractivity contribution in [3.05, 3.63) is 23.9 Å². The van der Waals surface area contributed by atoms with Crippen LogP contribution in [0.3, 0.4) is 0 Å². The highest BCUT2D eigenvalue weighted by Crippen LogP contribution is 2.09. The molecule has 0 saturated heterocycles. The first-order chi connectivity index (χ1) is 5.18. The number of hydrogen-bond donors (Lipinski definition) is 0. The van der Waals surface area contributed by atoms with Gasteiger partial charge < -0.3 is 4.74 Å². The lowest BCUT2D eigenvalue weighted by Crippen LogP contribution is -2.03. The van der Waals surface area contributed by atoms with Gasteiger partial charge in [-0.3, -0.25) is 0 Å². The maximum atomic E-state index is 11.6. The predicted molar refractivity (Wildman–Crippen MR) is 35.6 cm³/mol. The summed E-state index contributed by atoms with van der Waals surface area (Å²) < 4.78 is 27.2. The van der Waals surface area contributed by atoms with Gasteiger partial charge in [-0.25, -0.2) is 4.98 Å². The molecular weight excluding hydrogens is 152 g/mol. The van der Waals surface area contributed by atoms with E-state index in [0.29, 0.717) is 5.69 Å². The topological polar surface area (TPSA) is 22.1 Å². The average molecular weight is 159 g/mol. The number of halogens is 2. The van der Waals surface area contributed by atoms with Crippen LogP contribution < -0.4 is 4.74 Å². The fourth-order valence-electron chi connectivity index (χ4n) is 0.675. The molecule has 2 nitrogen and oxygen atoms in total. The van der Waals surface area contributed by atoms with Gasteiger partial charge in [0.25, 0.3) is 0 Å². The first kappa shape index (κ1) is 7.91. The Morgan fingerprint density at radius 3 is 2.73 bits per heavy atom. The quantitative estimate of drug-likeness (QED) is 0.658. The van der Waals surface area contributed by atoms with Gasteiger partial charge in [-0.2, -0.15) is 8.78 Å². The third kappa shape index (κ3) is 2.49. The summed E-state index contributed by atoms with van der Waals surface area (Å²) in [5.41, 5.74) is 0.656. The monoisotopic (exact) mass is 159 g/mol. The molecule has 0 bridgehead atoms. The van der Waals surface area contributed by atoms with Crippen LogP contribution in [0.15, 0.2) is 18.2 Å². The summed E-state index contributed by atoms with van der Waals surface area (Å²) in [7, 11) is 0. The fourth-order valence-corrected chi connectivity index (χ4v) is 0.675. The van der Waals surface area contributed by atoms with E-state index in [0.717, 1.165) is 0 Å². The Kier molecular flexibility index (Phi) is 2.36. The van der Waals surface area contributed by atoms with E-state index < -0.39 is 6.61 Å². The van der Waals surface area contributed by atoms with Gasteiger partial charge in [0, 0.05) is 11.8 Å². The van der Waals surface area contributed by atoms with E-state index in [-0.39, 0.29) is 5.88 Å². The van der Waals surface area contributed by atoms with Crippen LogP contribution in [-0.4, -0.2) is 11.6 Å². The van der Waals surface area contributed by atoms with Crippen LogP contribution in [0.5, 0.6) is 5.88 Å². The van der Waals surface area contributed by atoms with Crippen molar-refractivity contribution in [3.63, 3.8) is 0 Å². The largest absolute Gasteiger partial charge is 0.417 e. The zero-order valence-corrected chi connectivity index (χ0v) is 5.92. The van der Waals surface area contributed by atoms with Gasteiger partial charge in [0.2, 0.25) is 5.88 Å². The van der Waals surface area contributed by atoms with Crippen molar-refractivity contribution in [1.82, 2.24) is 4.98 Å². The Morgan fingerprint density at radius 1 is 1.45 bits per heavy atom. The maximum absolute atomic E-state index is 11.6. The zero-order chi connectivity index (χ0) is 8.27. The lowest BCUT2D eigenvalue weighted by molar-refractivity contribution is -0.0529. The normalized spacial score (nSPS) is 10.2. The lowest BCUT2D eigenvalue weighted by Gasteiger charge is -2.02. The Hall–Kier alpha value is -1.19. The van der Waals surface area contributed by atoms with Gasteiger partial charge in [0.1, 0.15) is 0 Å². The van der Waals surface area contributed by atoms with Gasteiger partial charge in [-0.05, 0) is 13.0 Å². The van der Waals surface area contributed by atoms with Crippen molar-refractivity contribution in [2.75, 3.05) is 0 Å².